The van der Waals surface area contributed by atoms with Crippen LogP contribution >= 0.6 is 0 Å². The summed E-state index contributed by atoms with van der Waals surface area (Å²) >= 11 is 0. The highest BCUT2D eigenvalue weighted by Crippen LogP contribution is 2.22. The molecule has 0 bridgehead atoms. The molecule has 4 heteroatoms. The van der Waals surface area contributed by atoms with Gasteiger partial charge in [0.1, 0.15) is 5.75 Å². The van der Waals surface area contributed by atoms with Crippen LogP contribution in [0.3, 0.4) is 0 Å². The van der Waals surface area contributed by atoms with Crippen LogP contribution in [-0.4, -0.2) is 25.1 Å². The van der Waals surface area contributed by atoms with Crippen LogP contribution in [0.2, 0.25) is 0 Å². The second kappa shape index (κ2) is 8.03. The molecule has 0 aliphatic heterocycles. The lowest BCUT2D eigenvalue weighted by atomic mass is 9.91. The van der Waals surface area contributed by atoms with Gasteiger partial charge in [0.15, 0.2) is 0 Å². The Hall–Kier alpha value is -1.55. The summed E-state index contributed by atoms with van der Waals surface area (Å²) in [5.41, 5.74) is 6.69. The number of nitrogens with one attached hydrogen (secondary N) is 1. The van der Waals surface area contributed by atoms with Gasteiger partial charge in [0.2, 0.25) is 5.91 Å². The van der Waals surface area contributed by atoms with E-state index in [4.69, 9.17) is 10.5 Å². The number of rotatable bonds is 8. The SMILES string of the molecule is CCC(CC)(CN)NC(=O)CC(C)c1ccc(OC)cc1. The fraction of sp³-hybridized carbons (Fsp3) is 0.588. The maximum absolute atomic E-state index is 12.3. The number of hydrogen-bond acceptors (Lipinski definition) is 3. The molecule has 3 N–H and O–H groups in total. The van der Waals surface area contributed by atoms with Crippen molar-refractivity contribution in [3.05, 3.63) is 29.8 Å². The first-order chi connectivity index (χ1) is 10.00. The summed E-state index contributed by atoms with van der Waals surface area (Å²) in [6.07, 6.45) is 2.17. The molecular formula is C17H28N2O2. The highest BCUT2D eigenvalue weighted by atomic mass is 16.5. The van der Waals surface area contributed by atoms with E-state index in [0.29, 0.717) is 13.0 Å². The lowest BCUT2D eigenvalue weighted by Crippen LogP contribution is -2.53. The number of hydrogen-bond donors (Lipinski definition) is 2. The van der Waals surface area contributed by atoms with Crippen LogP contribution in [-0.2, 0) is 4.79 Å². The number of carbonyl (C=O) groups is 1. The summed E-state index contributed by atoms with van der Waals surface area (Å²) in [4.78, 5) is 12.3. The Kier molecular flexibility index (Phi) is 6.69. The molecule has 0 saturated carbocycles. The Morgan fingerprint density at radius 3 is 2.29 bits per heavy atom. The largest absolute Gasteiger partial charge is 0.497 e. The molecular weight excluding hydrogens is 264 g/mol. The number of carbonyl (C=O) groups excluding carboxylic acids is 1. The smallest absolute Gasteiger partial charge is 0.221 e. The molecule has 1 aromatic carbocycles. The van der Waals surface area contributed by atoms with E-state index < -0.39 is 0 Å². The number of methoxy groups -OCH3 is 1. The minimum Gasteiger partial charge on any atom is -0.497 e. The van der Waals surface area contributed by atoms with Gasteiger partial charge in [-0.15, -0.1) is 0 Å². The quantitative estimate of drug-likeness (QED) is 0.774. The molecule has 1 atom stereocenters. The predicted molar refractivity (Wildman–Crippen MR) is 86.5 cm³/mol. The van der Waals surface area contributed by atoms with Crippen molar-refractivity contribution in [3.8, 4) is 5.75 Å². The lowest BCUT2D eigenvalue weighted by molar-refractivity contribution is -0.123. The molecule has 1 amide bonds. The van der Waals surface area contributed by atoms with Crippen LogP contribution in [0.25, 0.3) is 0 Å². The van der Waals surface area contributed by atoms with Gasteiger partial charge in [-0.25, -0.2) is 0 Å². The van der Waals surface area contributed by atoms with Gasteiger partial charge in [-0.3, -0.25) is 4.79 Å². The van der Waals surface area contributed by atoms with E-state index in [2.05, 4.69) is 26.1 Å². The lowest BCUT2D eigenvalue weighted by Gasteiger charge is -2.32. The van der Waals surface area contributed by atoms with Crippen LogP contribution in [0, 0.1) is 0 Å². The average Bonchev–Trinajstić information content (AvgIpc) is 2.52. The molecule has 0 aromatic heterocycles. The molecule has 118 valence electrons. The molecule has 0 spiro atoms. The van der Waals surface area contributed by atoms with E-state index in [1.165, 1.54) is 0 Å². The second-order valence-corrected chi connectivity index (χ2v) is 5.62. The maximum atomic E-state index is 12.3. The molecule has 1 aromatic rings. The van der Waals surface area contributed by atoms with Crippen molar-refractivity contribution in [2.75, 3.05) is 13.7 Å². The van der Waals surface area contributed by atoms with Gasteiger partial charge in [0, 0.05) is 13.0 Å². The van der Waals surface area contributed by atoms with Gasteiger partial charge in [0.25, 0.3) is 0 Å². The van der Waals surface area contributed by atoms with E-state index in [9.17, 15) is 4.79 Å². The van der Waals surface area contributed by atoms with Crippen LogP contribution in [0.5, 0.6) is 5.75 Å². The average molecular weight is 292 g/mol. The fourth-order valence-corrected chi connectivity index (χ4v) is 2.44. The van der Waals surface area contributed by atoms with E-state index in [0.717, 1.165) is 24.2 Å². The van der Waals surface area contributed by atoms with Gasteiger partial charge in [0.05, 0.1) is 12.6 Å². The van der Waals surface area contributed by atoms with Gasteiger partial charge >= 0.3 is 0 Å². The first-order valence-electron chi connectivity index (χ1n) is 7.65. The summed E-state index contributed by atoms with van der Waals surface area (Å²) in [5.74, 6) is 1.06. The molecule has 0 saturated heterocycles. The highest BCUT2D eigenvalue weighted by Gasteiger charge is 2.26. The summed E-state index contributed by atoms with van der Waals surface area (Å²) in [5, 5.41) is 3.11. The Balaban J connectivity index is 2.64. The van der Waals surface area contributed by atoms with Crippen molar-refractivity contribution in [2.24, 2.45) is 5.73 Å². The minimum atomic E-state index is -0.267. The Morgan fingerprint density at radius 1 is 1.29 bits per heavy atom. The molecule has 0 radical (unpaired) electrons. The molecule has 0 heterocycles. The number of benzene rings is 1. The fourth-order valence-electron chi connectivity index (χ4n) is 2.44. The molecule has 0 fully saturated rings. The third-order valence-corrected chi connectivity index (χ3v) is 4.33. The van der Waals surface area contributed by atoms with Gasteiger partial charge in [-0.05, 0) is 36.5 Å². The maximum Gasteiger partial charge on any atom is 0.221 e. The summed E-state index contributed by atoms with van der Waals surface area (Å²) in [6.45, 7) is 6.65. The van der Waals surface area contributed by atoms with Crippen molar-refractivity contribution < 1.29 is 9.53 Å². The van der Waals surface area contributed by atoms with Crippen molar-refractivity contribution >= 4 is 5.91 Å². The molecule has 0 aliphatic carbocycles. The molecule has 0 aliphatic rings. The Morgan fingerprint density at radius 2 is 1.86 bits per heavy atom. The van der Waals surface area contributed by atoms with Crippen LogP contribution < -0.4 is 15.8 Å². The van der Waals surface area contributed by atoms with Crippen LogP contribution in [0.4, 0.5) is 0 Å². The topological polar surface area (TPSA) is 64.3 Å². The standard InChI is InChI=1S/C17H28N2O2/c1-5-17(6-2,12-18)19-16(20)11-13(3)14-7-9-15(21-4)10-8-14/h7-10,13H,5-6,11-12,18H2,1-4H3,(H,19,20). The Bertz CT molecular complexity index is 430. The van der Waals surface area contributed by atoms with E-state index in [1.54, 1.807) is 7.11 Å². The minimum absolute atomic E-state index is 0.0625. The van der Waals surface area contributed by atoms with E-state index in [-0.39, 0.29) is 17.4 Å². The third-order valence-electron chi connectivity index (χ3n) is 4.33. The number of amides is 1. The van der Waals surface area contributed by atoms with E-state index in [1.807, 2.05) is 24.3 Å². The third kappa shape index (κ3) is 4.74. The van der Waals surface area contributed by atoms with Crippen molar-refractivity contribution in [2.45, 2.75) is 51.5 Å². The van der Waals surface area contributed by atoms with E-state index >= 15 is 0 Å². The highest BCUT2D eigenvalue weighted by molar-refractivity contribution is 5.77. The zero-order valence-corrected chi connectivity index (χ0v) is 13.6. The van der Waals surface area contributed by atoms with Gasteiger partial charge in [-0.1, -0.05) is 32.9 Å². The van der Waals surface area contributed by atoms with Crippen molar-refractivity contribution in [3.63, 3.8) is 0 Å². The predicted octanol–water partition coefficient (Wildman–Crippen LogP) is 2.82. The van der Waals surface area contributed by atoms with Gasteiger partial charge < -0.3 is 15.8 Å². The Labute approximate surface area is 128 Å². The summed E-state index contributed by atoms with van der Waals surface area (Å²) in [7, 11) is 1.65. The summed E-state index contributed by atoms with van der Waals surface area (Å²) < 4.78 is 5.15. The van der Waals surface area contributed by atoms with Crippen LogP contribution in [0.15, 0.2) is 24.3 Å². The second-order valence-electron chi connectivity index (χ2n) is 5.62. The molecule has 4 nitrogen and oxygen atoms in total. The first kappa shape index (κ1) is 17.5. The molecule has 1 unspecified atom stereocenters. The van der Waals surface area contributed by atoms with Crippen LogP contribution in [0.1, 0.15) is 51.5 Å². The normalized spacial score (nSPS) is 12.8. The number of nitrogens with two attached hydrogens (primary N) is 1. The summed E-state index contributed by atoms with van der Waals surface area (Å²) in [6, 6.07) is 7.86. The van der Waals surface area contributed by atoms with Gasteiger partial charge in [-0.2, -0.15) is 0 Å². The zero-order chi connectivity index (χ0) is 15.9. The van der Waals surface area contributed by atoms with Crippen molar-refractivity contribution in [1.29, 1.82) is 0 Å². The number of ether oxygens (including phenoxy) is 1. The molecule has 21 heavy (non-hydrogen) atoms. The monoisotopic (exact) mass is 292 g/mol. The first-order valence-corrected chi connectivity index (χ1v) is 7.65. The zero-order valence-electron chi connectivity index (χ0n) is 13.6. The van der Waals surface area contributed by atoms with Crippen molar-refractivity contribution in [1.82, 2.24) is 5.32 Å². The molecule has 1 rings (SSSR count).